The Morgan fingerprint density at radius 2 is 1.75 bits per heavy atom. The zero-order valence-electron chi connectivity index (χ0n) is 13.1. The number of rotatable bonds is 2. The van der Waals surface area contributed by atoms with Crippen LogP contribution in [-0.4, -0.2) is 13.7 Å². The molecule has 0 aromatic heterocycles. The van der Waals surface area contributed by atoms with Crippen LogP contribution in [-0.2, 0) is 0 Å². The Bertz CT molecular complexity index is 488. The quantitative estimate of drug-likeness (QED) is 0.867. The monoisotopic (exact) mass is 273 g/mol. The average Bonchev–Trinajstić information content (AvgIpc) is 2.85. The van der Waals surface area contributed by atoms with Gasteiger partial charge in [-0.3, -0.25) is 0 Å². The summed E-state index contributed by atoms with van der Waals surface area (Å²) >= 11 is 0. The SMILES string of the molecule is COc1cc(C)c(C)cc1C1NCCC12CCCCC2. The van der Waals surface area contributed by atoms with Gasteiger partial charge in [0.15, 0.2) is 0 Å². The first-order valence-corrected chi connectivity index (χ1v) is 8.05. The van der Waals surface area contributed by atoms with Crippen molar-refractivity contribution in [3.05, 3.63) is 28.8 Å². The Morgan fingerprint density at radius 3 is 2.45 bits per heavy atom. The van der Waals surface area contributed by atoms with E-state index in [1.54, 1.807) is 7.11 Å². The second-order valence-electron chi connectivity index (χ2n) is 6.74. The number of nitrogens with one attached hydrogen (secondary N) is 1. The smallest absolute Gasteiger partial charge is 0.123 e. The highest BCUT2D eigenvalue weighted by Crippen LogP contribution is 2.53. The van der Waals surface area contributed by atoms with Crippen LogP contribution in [0.3, 0.4) is 0 Å². The molecule has 2 heteroatoms. The van der Waals surface area contributed by atoms with Gasteiger partial charge in [0.1, 0.15) is 5.75 Å². The van der Waals surface area contributed by atoms with Crippen LogP contribution in [0.5, 0.6) is 5.75 Å². The Kier molecular flexibility index (Phi) is 3.76. The molecule has 2 fully saturated rings. The van der Waals surface area contributed by atoms with Crippen molar-refractivity contribution in [3.63, 3.8) is 0 Å². The highest BCUT2D eigenvalue weighted by Gasteiger charge is 2.44. The fourth-order valence-electron chi connectivity index (χ4n) is 4.28. The van der Waals surface area contributed by atoms with Crippen molar-refractivity contribution in [2.24, 2.45) is 5.41 Å². The molecule has 1 N–H and O–H groups in total. The van der Waals surface area contributed by atoms with Gasteiger partial charge in [-0.1, -0.05) is 25.3 Å². The topological polar surface area (TPSA) is 21.3 Å². The van der Waals surface area contributed by atoms with Crippen molar-refractivity contribution in [3.8, 4) is 5.75 Å². The number of hydrogen-bond acceptors (Lipinski definition) is 2. The molecule has 0 radical (unpaired) electrons. The van der Waals surface area contributed by atoms with Crippen molar-refractivity contribution < 1.29 is 4.74 Å². The minimum atomic E-state index is 0.479. The molecular weight excluding hydrogens is 246 g/mol. The van der Waals surface area contributed by atoms with Crippen molar-refractivity contribution in [2.75, 3.05) is 13.7 Å². The standard InChI is InChI=1S/C18H27NO/c1-13-11-15(16(20-3)12-14(13)2)17-18(9-10-19-17)7-5-4-6-8-18/h11-12,17,19H,4-10H2,1-3H3. The fraction of sp³-hybridized carbons (Fsp3) is 0.667. The van der Waals surface area contributed by atoms with Gasteiger partial charge in [0.2, 0.25) is 0 Å². The van der Waals surface area contributed by atoms with Crippen LogP contribution in [0.2, 0.25) is 0 Å². The molecule has 110 valence electrons. The molecular formula is C18H27NO. The van der Waals surface area contributed by atoms with Gasteiger partial charge in [-0.2, -0.15) is 0 Å². The second-order valence-corrected chi connectivity index (χ2v) is 6.74. The van der Waals surface area contributed by atoms with E-state index in [2.05, 4.69) is 31.3 Å². The maximum Gasteiger partial charge on any atom is 0.123 e. The van der Waals surface area contributed by atoms with Gasteiger partial charge >= 0.3 is 0 Å². The molecule has 0 bridgehead atoms. The molecule has 1 saturated heterocycles. The zero-order chi connectivity index (χ0) is 14.2. The lowest BCUT2D eigenvalue weighted by atomic mass is 9.67. The van der Waals surface area contributed by atoms with Crippen molar-refractivity contribution in [2.45, 2.75) is 58.4 Å². The van der Waals surface area contributed by atoms with Crippen LogP contribution >= 0.6 is 0 Å². The number of aryl methyl sites for hydroxylation is 2. The third kappa shape index (κ3) is 2.24. The normalized spacial score (nSPS) is 25.1. The number of hydrogen-bond donors (Lipinski definition) is 1. The van der Waals surface area contributed by atoms with Gasteiger partial charge in [0.05, 0.1) is 7.11 Å². The van der Waals surface area contributed by atoms with E-state index in [0.717, 1.165) is 12.3 Å². The molecule has 2 nitrogen and oxygen atoms in total. The highest BCUT2D eigenvalue weighted by molar-refractivity contribution is 5.44. The predicted octanol–water partition coefficient (Wildman–Crippen LogP) is 4.30. The van der Waals surface area contributed by atoms with Gasteiger partial charge in [-0.15, -0.1) is 0 Å². The molecule has 1 aliphatic carbocycles. The molecule has 1 atom stereocenters. The summed E-state index contributed by atoms with van der Waals surface area (Å²) in [5, 5.41) is 3.77. The Hall–Kier alpha value is -1.02. The first kappa shape index (κ1) is 13.9. The average molecular weight is 273 g/mol. The maximum atomic E-state index is 5.69. The van der Waals surface area contributed by atoms with Crippen LogP contribution < -0.4 is 10.1 Å². The van der Waals surface area contributed by atoms with Crippen molar-refractivity contribution in [1.29, 1.82) is 0 Å². The molecule has 20 heavy (non-hydrogen) atoms. The van der Waals surface area contributed by atoms with Crippen LogP contribution in [0, 0.1) is 19.3 Å². The van der Waals surface area contributed by atoms with E-state index in [0.29, 0.717) is 11.5 Å². The summed E-state index contributed by atoms with van der Waals surface area (Å²) in [5.74, 6) is 1.07. The lowest BCUT2D eigenvalue weighted by molar-refractivity contribution is 0.162. The molecule has 2 aliphatic rings. The van der Waals surface area contributed by atoms with Crippen LogP contribution in [0.4, 0.5) is 0 Å². The third-order valence-electron chi connectivity index (χ3n) is 5.59. The zero-order valence-corrected chi connectivity index (χ0v) is 13.1. The summed E-state index contributed by atoms with van der Waals surface area (Å²) in [7, 11) is 1.80. The first-order valence-electron chi connectivity index (χ1n) is 8.05. The van der Waals surface area contributed by atoms with Crippen LogP contribution in [0.1, 0.15) is 61.3 Å². The van der Waals surface area contributed by atoms with Gasteiger partial charge in [0.25, 0.3) is 0 Å². The third-order valence-corrected chi connectivity index (χ3v) is 5.59. The molecule has 1 aromatic carbocycles. The van der Waals surface area contributed by atoms with E-state index < -0.39 is 0 Å². The molecule has 0 amide bonds. The number of methoxy groups -OCH3 is 1. The van der Waals surface area contributed by atoms with E-state index in [-0.39, 0.29) is 0 Å². The van der Waals surface area contributed by atoms with E-state index >= 15 is 0 Å². The Morgan fingerprint density at radius 1 is 1.05 bits per heavy atom. The summed E-state index contributed by atoms with van der Waals surface area (Å²) in [6, 6.07) is 5.05. The molecule has 1 aliphatic heterocycles. The van der Waals surface area contributed by atoms with E-state index in [9.17, 15) is 0 Å². The van der Waals surface area contributed by atoms with E-state index in [1.807, 2.05) is 0 Å². The number of benzene rings is 1. The number of ether oxygens (including phenoxy) is 1. The molecule has 1 unspecified atom stereocenters. The Labute approximate surface area is 122 Å². The fourth-order valence-corrected chi connectivity index (χ4v) is 4.28. The van der Waals surface area contributed by atoms with Gasteiger partial charge < -0.3 is 10.1 Å². The predicted molar refractivity (Wildman–Crippen MR) is 83.3 cm³/mol. The summed E-state index contributed by atoms with van der Waals surface area (Å²) in [4.78, 5) is 0. The molecule has 1 saturated carbocycles. The van der Waals surface area contributed by atoms with Gasteiger partial charge in [-0.05, 0) is 62.3 Å². The van der Waals surface area contributed by atoms with Crippen LogP contribution in [0.15, 0.2) is 12.1 Å². The summed E-state index contributed by atoms with van der Waals surface area (Å²) in [6.07, 6.45) is 8.28. The minimum absolute atomic E-state index is 0.479. The maximum absolute atomic E-state index is 5.69. The molecule has 1 aromatic rings. The van der Waals surface area contributed by atoms with Crippen LogP contribution in [0.25, 0.3) is 0 Å². The highest BCUT2D eigenvalue weighted by atomic mass is 16.5. The summed E-state index contributed by atoms with van der Waals surface area (Å²) < 4.78 is 5.69. The molecule has 1 spiro atoms. The van der Waals surface area contributed by atoms with E-state index in [4.69, 9.17) is 4.74 Å². The largest absolute Gasteiger partial charge is 0.496 e. The lowest BCUT2D eigenvalue weighted by Gasteiger charge is -2.39. The van der Waals surface area contributed by atoms with E-state index in [1.165, 1.54) is 55.2 Å². The van der Waals surface area contributed by atoms with Crippen molar-refractivity contribution in [1.82, 2.24) is 5.32 Å². The summed E-state index contributed by atoms with van der Waals surface area (Å²) in [5.41, 5.74) is 4.56. The lowest BCUT2D eigenvalue weighted by Crippen LogP contribution is -2.31. The van der Waals surface area contributed by atoms with Crippen molar-refractivity contribution >= 4 is 0 Å². The second kappa shape index (κ2) is 5.40. The first-order chi connectivity index (χ1) is 9.66. The molecule has 1 heterocycles. The summed E-state index contributed by atoms with van der Waals surface area (Å²) in [6.45, 7) is 5.53. The minimum Gasteiger partial charge on any atom is -0.496 e. The molecule has 3 rings (SSSR count). The van der Waals surface area contributed by atoms with Gasteiger partial charge in [-0.25, -0.2) is 0 Å². The Balaban J connectivity index is 2.01. The van der Waals surface area contributed by atoms with Gasteiger partial charge in [0, 0.05) is 11.6 Å².